The smallest absolute Gasteiger partial charge is 0.254 e. The molecule has 1 heterocycles. The molecule has 0 aromatic heterocycles. The molecule has 8 heteroatoms. The molecule has 1 aliphatic heterocycles. The fourth-order valence-corrected chi connectivity index (χ4v) is 5.32. The molecule has 0 unspecified atom stereocenters. The van der Waals surface area contributed by atoms with E-state index in [2.05, 4.69) is 33.2 Å². The molecule has 0 radical (unpaired) electrons. The second-order valence-corrected chi connectivity index (χ2v) is 9.26. The van der Waals surface area contributed by atoms with Gasteiger partial charge < -0.3 is 9.47 Å². The highest BCUT2D eigenvalue weighted by molar-refractivity contribution is 9.10. The summed E-state index contributed by atoms with van der Waals surface area (Å²) >= 11 is 3.51. The largest absolute Gasteiger partial charge is 0.490 e. The van der Waals surface area contributed by atoms with Crippen LogP contribution >= 0.6 is 15.9 Å². The van der Waals surface area contributed by atoms with Crippen molar-refractivity contribution in [2.24, 2.45) is 28.8 Å². The molecular weight excluding hydrogens is 491 g/mol. The maximum absolute atomic E-state index is 13.1. The number of imide groups is 1. The first-order valence-electron chi connectivity index (χ1n) is 10.9. The maximum atomic E-state index is 13.1. The summed E-state index contributed by atoms with van der Waals surface area (Å²) in [6.45, 7) is 2.53. The molecule has 3 aliphatic rings. The number of rotatable bonds is 7. The highest BCUT2D eigenvalue weighted by Gasteiger charge is 2.59. The van der Waals surface area contributed by atoms with E-state index in [-0.39, 0.29) is 47.9 Å². The molecule has 4 atom stereocenters. The summed E-state index contributed by atoms with van der Waals surface area (Å²) in [6, 6.07) is 9.58. The highest BCUT2D eigenvalue weighted by Crippen LogP contribution is 2.52. The number of hydrogen-bond acceptors (Lipinski definition) is 5. The van der Waals surface area contributed by atoms with Crippen LogP contribution in [0.3, 0.4) is 0 Å². The van der Waals surface area contributed by atoms with Crippen molar-refractivity contribution in [1.29, 1.82) is 0 Å². The van der Waals surface area contributed by atoms with E-state index in [1.165, 1.54) is 18.3 Å². The zero-order valence-electron chi connectivity index (χ0n) is 17.9. The summed E-state index contributed by atoms with van der Waals surface area (Å²) in [5, 5.41) is 5.27. The Bertz CT molecular complexity index is 1130. The van der Waals surface area contributed by atoms with Gasteiger partial charge in [-0.05, 0) is 70.9 Å². The van der Waals surface area contributed by atoms with Crippen LogP contribution in [-0.4, -0.2) is 29.6 Å². The van der Waals surface area contributed by atoms with Crippen LogP contribution < -0.4 is 9.47 Å². The molecule has 6 nitrogen and oxygen atoms in total. The average molecular weight is 513 g/mol. The third-order valence-electron chi connectivity index (χ3n) is 6.43. The number of hydrogen-bond donors (Lipinski definition) is 0. The van der Waals surface area contributed by atoms with Gasteiger partial charge in [0.1, 0.15) is 12.4 Å². The van der Waals surface area contributed by atoms with E-state index in [4.69, 9.17) is 9.47 Å². The maximum Gasteiger partial charge on any atom is 0.254 e. The number of amides is 2. The van der Waals surface area contributed by atoms with Crippen molar-refractivity contribution in [3.05, 3.63) is 70.0 Å². The minimum Gasteiger partial charge on any atom is -0.490 e. The molecule has 170 valence electrons. The summed E-state index contributed by atoms with van der Waals surface area (Å²) in [6.07, 6.45) is 6.48. The number of hydrazone groups is 1. The number of halogens is 2. The highest BCUT2D eigenvalue weighted by atomic mass is 79.9. The van der Waals surface area contributed by atoms with Crippen molar-refractivity contribution in [3.63, 3.8) is 0 Å². The summed E-state index contributed by atoms with van der Waals surface area (Å²) in [4.78, 5) is 25.7. The van der Waals surface area contributed by atoms with Gasteiger partial charge in [0.15, 0.2) is 11.5 Å². The normalized spacial score (nSPS) is 25.4. The van der Waals surface area contributed by atoms with Crippen molar-refractivity contribution >= 4 is 34.0 Å². The number of carbonyl (C=O) groups is 2. The number of ether oxygens (including phenoxy) is 2. The molecule has 2 amide bonds. The fraction of sp³-hybridized carbons (Fsp3) is 0.320. The minimum atomic E-state index is -0.303. The van der Waals surface area contributed by atoms with Gasteiger partial charge in [0.05, 0.1) is 24.7 Å². The lowest BCUT2D eigenvalue weighted by molar-refractivity contribution is -0.140. The first kappa shape index (κ1) is 21.8. The van der Waals surface area contributed by atoms with Crippen LogP contribution in [0.5, 0.6) is 11.5 Å². The standard InChI is InChI=1S/C25H22BrFN2O4/c1-2-32-20-10-17(19(26)11-21(20)33-13-14-3-7-18(27)8-4-14)12-28-29-24(30)22-15-5-6-16(9-15)23(22)25(29)31/h3-8,10-12,15-16,22-23H,2,9,13H2,1H3/t15-,16-,22-,23+/m0/s1. The molecule has 1 saturated carbocycles. The molecule has 2 aliphatic carbocycles. The number of fused-ring (bicyclic) bond motifs is 5. The monoisotopic (exact) mass is 512 g/mol. The van der Waals surface area contributed by atoms with Gasteiger partial charge in [0, 0.05) is 10.0 Å². The van der Waals surface area contributed by atoms with Crippen LogP contribution in [-0.2, 0) is 16.2 Å². The Balaban J connectivity index is 1.34. The first-order valence-corrected chi connectivity index (χ1v) is 11.7. The van der Waals surface area contributed by atoms with Crippen LogP contribution in [0.25, 0.3) is 0 Å². The zero-order valence-corrected chi connectivity index (χ0v) is 19.5. The van der Waals surface area contributed by atoms with Gasteiger partial charge in [-0.25, -0.2) is 4.39 Å². The number of benzene rings is 2. The first-order chi connectivity index (χ1) is 16.0. The van der Waals surface area contributed by atoms with E-state index in [1.54, 1.807) is 24.3 Å². The second-order valence-electron chi connectivity index (χ2n) is 8.40. The molecule has 1 saturated heterocycles. The van der Waals surface area contributed by atoms with Crippen LogP contribution in [0, 0.1) is 29.5 Å². The van der Waals surface area contributed by atoms with Gasteiger partial charge in [0.2, 0.25) is 0 Å². The molecule has 2 bridgehead atoms. The quantitative estimate of drug-likeness (QED) is 0.306. The van der Waals surface area contributed by atoms with E-state index in [0.29, 0.717) is 28.1 Å². The predicted molar refractivity (Wildman–Crippen MR) is 123 cm³/mol. The van der Waals surface area contributed by atoms with Gasteiger partial charge in [-0.15, -0.1) is 0 Å². The summed E-state index contributed by atoms with van der Waals surface area (Å²) in [5.41, 5.74) is 1.46. The number of carbonyl (C=O) groups excluding carboxylic acids is 2. The third-order valence-corrected chi connectivity index (χ3v) is 7.12. The lowest BCUT2D eigenvalue weighted by Gasteiger charge is -2.15. The van der Waals surface area contributed by atoms with Gasteiger partial charge in [0.25, 0.3) is 11.8 Å². The van der Waals surface area contributed by atoms with E-state index in [0.717, 1.165) is 17.0 Å². The van der Waals surface area contributed by atoms with E-state index in [1.807, 2.05) is 6.92 Å². The van der Waals surface area contributed by atoms with E-state index in [9.17, 15) is 14.0 Å². The van der Waals surface area contributed by atoms with Gasteiger partial charge in [-0.2, -0.15) is 10.1 Å². The lowest BCUT2D eigenvalue weighted by atomic mass is 9.85. The summed E-state index contributed by atoms with van der Waals surface area (Å²) in [7, 11) is 0. The fourth-order valence-electron chi connectivity index (χ4n) is 4.89. The van der Waals surface area contributed by atoms with Crippen LogP contribution in [0.2, 0.25) is 0 Å². The van der Waals surface area contributed by atoms with Crippen molar-refractivity contribution in [2.45, 2.75) is 20.0 Å². The van der Waals surface area contributed by atoms with Gasteiger partial charge in [-0.3, -0.25) is 9.59 Å². The number of allylic oxidation sites excluding steroid dienone is 2. The second kappa shape index (κ2) is 8.74. The third kappa shape index (κ3) is 3.97. The Morgan fingerprint density at radius 3 is 2.33 bits per heavy atom. The molecule has 2 fully saturated rings. The molecule has 0 spiro atoms. The minimum absolute atomic E-state index is 0.144. The van der Waals surface area contributed by atoms with Crippen molar-refractivity contribution < 1.29 is 23.5 Å². The van der Waals surface area contributed by atoms with Gasteiger partial charge in [-0.1, -0.05) is 24.3 Å². The Labute approximate surface area is 199 Å². The molecule has 2 aromatic carbocycles. The lowest BCUT2D eigenvalue weighted by Crippen LogP contribution is -2.28. The summed E-state index contributed by atoms with van der Waals surface area (Å²) < 4.78 is 25.4. The predicted octanol–water partition coefficient (Wildman–Crippen LogP) is 4.71. The summed E-state index contributed by atoms with van der Waals surface area (Å²) in [5.74, 6) is -0.0163. The average Bonchev–Trinajstić information content (AvgIpc) is 3.48. The molecule has 33 heavy (non-hydrogen) atoms. The van der Waals surface area contributed by atoms with Gasteiger partial charge >= 0.3 is 0 Å². The van der Waals surface area contributed by atoms with Crippen molar-refractivity contribution in [1.82, 2.24) is 5.01 Å². The van der Waals surface area contributed by atoms with E-state index < -0.39 is 0 Å². The molecule has 2 aromatic rings. The zero-order chi connectivity index (χ0) is 23.1. The molecule has 5 rings (SSSR count). The number of nitrogens with zero attached hydrogens (tertiary/aromatic N) is 2. The molecular formula is C25H22BrFN2O4. The molecule has 0 N–H and O–H groups in total. The Kier molecular flexibility index (Phi) is 5.78. The van der Waals surface area contributed by atoms with Crippen molar-refractivity contribution in [3.8, 4) is 11.5 Å². The van der Waals surface area contributed by atoms with Crippen LogP contribution in [0.15, 0.2) is 58.1 Å². The SMILES string of the molecule is CCOc1cc(C=NN2C(=O)[C@@H]3[C@H](C2=O)[C@H]2C=C[C@H]3C2)c(Br)cc1OCc1ccc(F)cc1. The van der Waals surface area contributed by atoms with Crippen LogP contribution in [0.4, 0.5) is 4.39 Å². The Morgan fingerprint density at radius 2 is 1.70 bits per heavy atom. The van der Waals surface area contributed by atoms with Crippen molar-refractivity contribution in [2.75, 3.05) is 6.61 Å². The van der Waals surface area contributed by atoms with Crippen LogP contribution in [0.1, 0.15) is 24.5 Å². The Hall–Kier alpha value is -3.00. The Morgan fingerprint density at radius 1 is 1.06 bits per heavy atom. The topological polar surface area (TPSA) is 68.2 Å². The van der Waals surface area contributed by atoms with E-state index >= 15 is 0 Å².